The Hall–Kier alpha value is -1.46. The number of nitrogens with zero attached hydrogens (tertiary/aromatic N) is 1. The molecule has 102 valence electrons. The van der Waals surface area contributed by atoms with Crippen LogP contribution >= 0.6 is 12.2 Å². The van der Waals surface area contributed by atoms with E-state index in [2.05, 4.69) is 0 Å². The SMILES string of the molecule is CN(C(=O)CC1CCCO1)c1ccc(C(N)=S)cc1. The summed E-state index contributed by atoms with van der Waals surface area (Å²) in [6.45, 7) is 0.768. The van der Waals surface area contributed by atoms with Crippen molar-refractivity contribution in [2.45, 2.75) is 25.4 Å². The summed E-state index contributed by atoms with van der Waals surface area (Å²) in [6, 6.07) is 7.35. The zero-order valence-corrected chi connectivity index (χ0v) is 11.8. The molecule has 2 rings (SSSR count). The molecule has 1 amide bonds. The third kappa shape index (κ3) is 3.52. The highest BCUT2D eigenvalue weighted by atomic mass is 32.1. The number of carbonyl (C=O) groups excluding carboxylic acids is 1. The highest BCUT2D eigenvalue weighted by Crippen LogP contribution is 2.19. The fourth-order valence-corrected chi connectivity index (χ4v) is 2.27. The predicted octanol–water partition coefficient (Wildman–Crippen LogP) is 1.85. The van der Waals surface area contributed by atoms with Crippen LogP contribution in [0.4, 0.5) is 5.69 Å². The Morgan fingerprint density at radius 3 is 2.68 bits per heavy atom. The molecule has 1 heterocycles. The van der Waals surface area contributed by atoms with Gasteiger partial charge in [0, 0.05) is 24.9 Å². The lowest BCUT2D eigenvalue weighted by atomic mass is 10.1. The maximum absolute atomic E-state index is 12.1. The highest BCUT2D eigenvalue weighted by Gasteiger charge is 2.21. The van der Waals surface area contributed by atoms with E-state index in [1.54, 1.807) is 11.9 Å². The van der Waals surface area contributed by atoms with Gasteiger partial charge in [-0.1, -0.05) is 12.2 Å². The number of hydrogen-bond donors (Lipinski definition) is 1. The molecule has 0 radical (unpaired) electrons. The molecule has 19 heavy (non-hydrogen) atoms. The fourth-order valence-electron chi connectivity index (χ4n) is 2.13. The quantitative estimate of drug-likeness (QED) is 0.854. The molecule has 1 aliphatic rings. The Kier molecular flexibility index (Phi) is 4.50. The molecule has 1 unspecified atom stereocenters. The van der Waals surface area contributed by atoms with Crippen LogP contribution in [-0.2, 0) is 9.53 Å². The van der Waals surface area contributed by atoms with Crippen LogP contribution in [-0.4, -0.2) is 30.7 Å². The van der Waals surface area contributed by atoms with Crippen molar-refractivity contribution in [3.63, 3.8) is 0 Å². The lowest BCUT2D eigenvalue weighted by Crippen LogP contribution is -2.29. The molecule has 0 bridgehead atoms. The van der Waals surface area contributed by atoms with Gasteiger partial charge in [-0.3, -0.25) is 4.79 Å². The summed E-state index contributed by atoms with van der Waals surface area (Å²) in [4.78, 5) is 14.1. The van der Waals surface area contributed by atoms with E-state index < -0.39 is 0 Å². The van der Waals surface area contributed by atoms with E-state index in [1.165, 1.54) is 0 Å². The smallest absolute Gasteiger partial charge is 0.229 e. The molecule has 0 spiro atoms. The third-order valence-electron chi connectivity index (χ3n) is 3.34. The molecule has 2 N–H and O–H groups in total. The van der Waals surface area contributed by atoms with Gasteiger partial charge in [-0.2, -0.15) is 0 Å². The van der Waals surface area contributed by atoms with Crippen molar-refractivity contribution in [3.8, 4) is 0 Å². The van der Waals surface area contributed by atoms with E-state index in [-0.39, 0.29) is 12.0 Å². The second kappa shape index (κ2) is 6.12. The summed E-state index contributed by atoms with van der Waals surface area (Å²) >= 11 is 4.90. The number of ether oxygens (including phenoxy) is 1. The van der Waals surface area contributed by atoms with Gasteiger partial charge in [0.15, 0.2) is 0 Å². The number of nitrogens with two attached hydrogens (primary N) is 1. The van der Waals surface area contributed by atoms with Gasteiger partial charge >= 0.3 is 0 Å². The number of hydrogen-bond acceptors (Lipinski definition) is 3. The second-order valence-corrected chi connectivity index (χ2v) is 5.14. The molecule has 1 saturated heterocycles. The van der Waals surface area contributed by atoms with Crippen LogP contribution < -0.4 is 10.6 Å². The van der Waals surface area contributed by atoms with Crippen LogP contribution in [0.1, 0.15) is 24.8 Å². The van der Waals surface area contributed by atoms with Crippen LogP contribution in [0.3, 0.4) is 0 Å². The largest absolute Gasteiger partial charge is 0.389 e. The lowest BCUT2D eigenvalue weighted by molar-refractivity contribution is -0.120. The lowest BCUT2D eigenvalue weighted by Gasteiger charge is -2.19. The number of benzene rings is 1. The molecule has 0 saturated carbocycles. The van der Waals surface area contributed by atoms with Crippen LogP contribution in [0.5, 0.6) is 0 Å². The van der Waals surface area contributed by atoms with Gasteiger partial charge < -0.3 is 15.4 Å². The first-order valence-electron chi connectivity index (χ1n) is 6.36. The van der Waals surface area contributed by atoms with E-state index in [0.717, 1.165) is 30.7 Å². The summed E-state index contributed by atoms with van der Waals surface area (Å²) in [6.07, 6.45) is 2.53. The summed E-state index contributed by atoms with van der Waals surface area (Å²) in [5.74, 6) is 0.0648. The van der Waals surface area contributed by atoms with E-state index in [1.807, 2.05) is 24.3 Å². The fraction of sp³-hybridized carbons (Fsp3) is 0.429. The second-order valence-electron chi connectivity index (χ2n) is 4.70. The zero-order chi connectivity index (χ0) is 13.8. The maximum Gasteiger partial charge on any atom is 0.229 e. The minimum absolute atomic E-state index is 0.0648. The van der Waals surface area contributed by atoms with Crippen molar-refractivity contribution in [3.05, 3.63) is 29.8 Å². The number of anilines is 1. The normalized spacial score (nSPS) is 18.3. The van der Waals surface area contributed by atoms with E-state index in [9.17, 15) is 4.79 Å². The van der Waals surface area contributed by atoms with Crippen molar-refractivity contribution < 1.29 is 9.53 Å². The van der Waals surface area contributed by atoms with Crippen LogP contribution in [0, 0.1) is 0 Å². The Morgan fingerprint density at radius 1 is 1.47 bits per heavy atom. The Labute approximate surface area is 118 Å². The molecule has 0 aliphatic carbocycles. The van der Waals surface area contributed by atoms with E-state index >= 15 is 0 Å². The molecule has 1 fully saturated rings. The average molecular weight is 278 g/mol. The summed E-state index contributed by atoms with van der Waals surface area (Å²) in [5.41, 5.74) is 7.18. The summed E-state index contributed by atoms with van der Waals surface area (Å²) < 4.78 is 5.48. The van der Waals surface area contributed by atoms with Gasteiger partial charge in [0.05, 0.1) is 12.5 Å². The van der Waals surface area contributed by atoms with Crippen molar-refractivity contribution >= 4 is 28.8 Å². The van der Waals surface area contributed by atoms with E-state index in [4.69, 9.17) is 22.7 Å². The van der Waals surface area contributed by atoms with Gasteiger partial charge in [0.25, 0.3) is 0 Å². The molecule has 0 aromatic heterocycles. The Balaban J connectivity index is 1.99. The van der Waals surface area contributed by atoms with Crippen molar-refractivity contribution in [1.29, 1.82) is 0 Å². The minimum atomic E-state index is 0.0648. The number of amides is 1. The van der Waals surface area contributed by atoms with Crippen LogP contribution in [0.25, 0.3) is 0 Å². The minimum Gasteiger partial charge on any atom is -0.389 e. The zero-order valence-electron chi connectivity index (χ0n) is 11.0. The summed E-state index contributed by atoms with van der Waals surface area (Å²) in [7, 11) is 1.77. The van der Waals surface area contributed by atoms with Gasteiger partial charge in [-0.05, 0) is 37.1 Å². The summed E-state index contributed by atoms with van der Waals surface area (Å²) in [5, 5.41) is 0. The van der Waals surface area contributed by atoms with Crippen molar-refractivity contribution in [2.24, 2.45) is 5.73 Å². The Morgan fingerprint density at radius 2 is 2.16 bits per heavy atom. The first-order valence-corrected chi connectivity index (χ1v) is 6.77. The molecular formula is C14H18N2O2S. The number of carbonyl (C=O) groups is 1. The first-order chi connectivity index (χ1) is 9.08. The molecule has 1 atom stereocenters. The standard InChI is InChI=1S/C14H18N2O2S/c1-16(13(17)9-12-3-2-8-18-12)11-6-4-10(5-7-11)14(15)19/h4-7,12H,2-3,8-9H2,1H3,(H2,15,19). The van der Waals surface area contributed by atoms with Crippen molar-refractivity contribution in [1.82, 2.24) is 0 Å². The molecule has 1 aromatic carbocycles. The Bertz CT molecular complexity index is 467. The van der Waals surface area contributed by atoms with Crippen molar-refractivity contribution in [2.75, 3.05) is 18.6 Å². The highest BCUT2D eigenvalue weighted by molar-refractivity contribution is 7.80. The van der Waals surface area contributed by atoms with Gasteiger partial charge in [0.2, 0.25) is 5.91 Å². The molecule has 1 aromatic rings. The van der Waals surface area contributed by atoms with Gasteiger partial charge in [-0.15, -0.1) is 0 Å². The third-order valence-corrected chi connectivity index (χ3v) is 3.58. The maximum atomic E-state index is 12.1. The van der Waals surface area contributed by atoms with Gasteiger partial charge in [0.1, 0.15) is 4.99 Å². The monoisotopic (exact) mass is 278 g/mol. The first kappa shape index (κ1) is 14.0. The molecular weight excluding hydrogens is 260 g/mol. The predicted molar refractivity (Wildman–Crippen MR) is 79.3 cm³/mol. The number of thiocarbonyl (C=S) groups is 1. The van der Waals surface area contributed by atoms with Gasteiger partial charge in [-0.25, -0.2) is 0 Å². The number of rotatable bonds is 4. The average Bonchev–Trinajstić information content (AvgIpc) is 2.90. The molecule has 1 aliphatic heterocycles. The van der Waals surface area contributed by atoms with E-state index in [0.29, 0.717) is 11.4 Å². The molecule has 5 heteroatoms. The topological polar surface area (TPSA) is 55.6 Å². The molecule has 4 nitrogen and oxygen atoms in total. The van der Waals surface area contributed by atoms with Crippen LogP contribution in [0.15, 0.2) is 24.3 Å². The van der Waals surface area contributed by atoms with Crippen LogP contribution in [0.2, 0.25) is 0 Å².